The number of benzene rings is 2. The molecule has 1 aliphatic rings. The van der Waals surface area contributed by atoms with Gasteiger partial charge in [0.2, 0.25) is 0 Å². The Labute approximate surface area is 177 Å². The lowest BCUT2D eigenvalue weighted by Crippen LogP contribution is -2.38. The molecule has 0 saturated carbocycles. The molecular formula is C24H26N4O2. The number of nitrogens with zero attached hydrogens (tertiary/aromatic N) is 4. The summed E-state index contributed by atoms with van der Waals surface area (Å²) in [7, 11) is 3.61. The van der Waals surface area contributed by atoms with Crippen molar-refractivity contribution in [3.63, 3.8) is 0 Å². The van der Waals surface area contributed by atoms with E-state index in [1.54, 1.807) is 7.11 Å². The second kappa shape index (κ2) is 8.53. The van der Waals surface area contributed by atoms with Gasteiger partial charge in [-0.3, -0.25) is 4.79 Å². The van der Waals surface area contributed by atoms with Gasteiger partial charge in [-0.2, -0.15) is 0 Å². The number of carbonyl (C=O) groups is 1. The zero-order valence-electron chi connectivity index (χ0n) is 17.6. The molecule has 0 aliphatic carbocycles. The molecule has 3 aromatic rings. The van der Waals surface area contributed by atoms with Crippen molar-refractivity contribution in [2.75, 3.05) is 32.1 Å². The molecule has 1 amide bonds. The minimum Gasteiger partial charge on any atom is -0.496 e. The van der Waals surface area contributed by atoms with E-state index in [0.717, 1.165) is 35.0 Å². The van der Waals surface area contributed by atoms with E-state index in [1.807, 2.05) is 66.5 Å². The maximum absolute atomic E-state index is 13.2. The van der Waals surface area contributed by atoms with E-state index in [0.29, 0.717) is 30.8 Å². The molecule has 30 heavy (non-hydrogen) atoms. The van der Waals surface area contributed by atoms with E-state index in [1.165, 1.54) is 0 Å². The molecule has 0 bridgehead atoms. The minimum absolute atomic E-state index is 0.0321. The minimum atomic E-state index is -0.0321. The van der Waals surface area contributed by atoms with Crippen LogP contribution < -0.4 is 9.64 Å². The van der Waals surface area contributed by atoms with Crippen LogP contribution in [0.3, 0.4) is 0 Å². The maximum atomic E-state index is 13.2. The predicted octanol–water partition coefficient (Wildman–Crippen LogP) is 3.81. The maximum Gasteiger partial charge on any atom is 0.257 e. The molecule has 0 atom stereocenters. The Kier molecular flexibility index (Phi) is 5.65. The number of aromatic nitrogens is 2. The van der Waals surface area contributed by atoms with Crippen LogP contribution in [0.25, 0.3) is 11.4 Å². The fraction of sp³-hybridized carbons (Fsp3) is 0.292. The lowest BCUT2D eigenvalue weighted by molar-refractivity contribution is 0.0730. The zero-order chi connectivity index (χ0) is 21.1. The Balaban J connectivity index is 1.71. The molecule has 0 spiro atoms. The Hall–Kier alpha value is -3.41. The highest BCUT2D eigenvalue weighted by Gasteiger charge is 2.28. The van der Waals surface area contributed by atoms with Crippen LogP contribution in [0, 0.1) is 0 Å². The standard InChI is InChI=1S/C24H26N4O2/c1-4-27(2)23-19-16-28(24(29)18-12-8-9-13-21(18)30-3)15-14-20(19)25-22(26-23)17-10-6-5-7-11-17/h5-13H,4,14-16H2,1-3H3. The largest absolute Gasteiger partial charge is 0.496 e. The van der Waals surface area contributed by atoms with Crippen molar-refractivity contribution in [2.45, 2.75) is 19.9 Å². The highest BCUT2D eigenvalue weighted by molar-refractivity contribution is 5.97. The highest BCUT2D eigenvalue weighted by Crippen LogP contribution is 2.30. The molecule has 0 unspecified atom stereocenters. The van der Waals surface area contributed by atoms with E-state index in [-0.39, 0.29) is 5.91 Å². The summed E-state index contributed by atoms with van der Waals surface area (Å²) < 4.78 is 5.39. The summed E-state index contributed by atoms with van der Waals surface area (Å²) in [6, 6.07) is 17.4. The Bertz CT molecular complexity index is 1050. The number of amides is 1. The van der Waals surface area contributed by atoms with Crippen molar-refractivity contribution < 1.29 is 9.53 Å². The Morgan fingerprint density at radius 3 is 2.57 bits per heavy atom. The van der Waals surface area contributed by atoms with Crippen LogP contribution in [0.15, 0.2) is 54.6 Å². The van der Waals surface area contributed by atoms with E-state index >= 15 is 0 Å². The molecule has 6 nitrogen and oxygen atoms in total. The summed E-state index contributed by atoms with van der Waals surface area (Å²) in [6.07, 6.45) is 0.698. The number of carbonyl (C=O) groups excluding carboxylic acids is 1. The second-order valence-electron chi connectivity index (χ2n) is 7.35. The van der Waals surface area contributed by atoms with E-state index in [2.05, 4.69) is 11.8 Å². The normalized spacial score (nSPS) is 13.0. The first-order valence-corrected chi connectivity index (χ1v) is 10.2. The van der Waals surface area contributed by atoms with Crippen LogP contribution in [0.2, 0.25) is 0 Å². The number of fused-ring (bicyclic) bond motifs is 1. The average molecular weight is 402 g/mol. The molecule has 2 aromatic carbocycles. The third-order valence-electron chi connectivity index (χ3n) is 5.53. The van der Waals surface area contributed by atoms with Gasteiger partial charge in [0.1, 0.15) is 11.6 Å². The van der Waals surface area contributed by atoms with Gasteiger partial charge in [0.25, 0.3) is 5.91 Å². The molecule has 1 aliphatic heterocycles. The first-order valence-electron chi connectivity index (χ1n) is 10.2. The van der Waals surface area contributed by atoms with Crippen LogP contribution in [0.5, 0.6) is 5.75 Å². The summed E-state index contributed by atoms with van der Waals surface area (Å²) in [5.74, 6) is 2.18. The molecule has 0 N–H and O–H groups in total. The molecule has 6 heteroatoms. The molecule has 0 radical (unpaired) electrons. The fourth-order valence-electron chi connectivity index (χ4n) is 3.74. The van der Waals surface area contributed by atoms with Gasteiger partial charge in [-0.15, -0.1) is 0 Å². The van der Waals surface area contributed by atoms with Gasteiger partial charge < -0.3 is 14.5 Å². The Morgan fingerprint density at radius 2 is 1.83 bits per heavy atom. The van der Waals surface area contributed by atoms with Gasteiger partial charge in [-0.1, -0.05) is 42.5 Å². The summed E-state index contributed by atoms with van der Waals surface area (Å²) in [6.45, 7) is 4.01. The van der Waals surface area contributed by atoms with Crippen LogP contribution in [-0.4, -0.2) is 48.0 Å². The van der Waals surface area contributed by atoms with Crippen LogP contribution in [0.4, 0.5) is 5.82 Å². The smallest absolute Gasteiger partial charge is 0.257 e. The van der Waals surface area contributed by atoms with Crippen molar-refractivity contribution in [2.24, 2.45) is 0 Å². The van der Waals surface area contributed by atoms with Crippen molar-refractivity contribution in [1.29, 1.82) is 0 Å². The number of ether oxygens (including phenoxy) is 1. The highest BCUT2D eigenvalue weighted by atomic mass is 16.5. The monoisotopic (exact) mass is 402 g/mol. The van der Waals surface area contributed by atoms with Crippen LogP contribution in [-0.2, 0) is 13.0 Å². The molecule has 0 saturated heterocycles. The summed E-state index contributed by atoms with van der Waals surface area (Å²) in [5.41, 5.74) is 3.62. The summed E-state index contributed by atoms with van der Waals surface area (Å²) in [5, 5.41) is 0. The molecule has 154 valence electrons. The van der Waals surface area contributed by atoms with E-state index in [9.17, 15) is 4.79 Å². The van der Waals surface area contributed by atoms with Gasteiger partial charge in [-0.25, -0.2) is 9.97 Å². The quantitative estimate of drug-likeness (QED) is 0.650. The second-order valence-corrected chi connectivity index (χ2v) is 7.35. The third kappa shape index (κ3) is 3.73. The van der Waals surface area contributed by atoms with Crippen molar-refractivity contribution in [1.82, 2.24) is 14.9 Å². The number of para-hydroxylation sites is 1. The molecule has 0 fully saturated rings. The van der Waals surface area contributed by atoms with Gasteiger partial charge >= 0.3 is 0 Å². The van der Waals surface area contributed by atoms with Gasteiger partial charge in [-0.05, 0) is 19.1 Å². The number of anilines is 1. The number of hydrogen-bond donors (Lipinski definition) is 0. The summed E-state index contributed by atoms with van der Waals surface area (Å²) in [4.78, 5) is 26.9. The lowest BCUT2D eigenvalue weighted by atomic mass is 10.0. The van der Waals surface area contributed by atoms with E-state index in [4.69, 9.17) is 14.7 Å². The molecular weight excluding hydrogens is 376 g/mol. The van der Waals surface area contributed by atoms with Gasteiger partial charge in [0.15, 0.2) is 5.82 Å². The first-order chi connectivity index (χ1) is 14.6. The number of methoxy groups -OCH3 is 1. The zero-order valence-corrected chi connectivity index (χ0v) is 17.6. The van der Waals surface area contributed by atoms with Gasteiger partial charge in [0.05, 0.1) is 24.9 Å². The Morgan fingerprint density at radius 1 is 1.10 bits per heavy atom. The van der Waals surface area contributed by atoms with Crippen molar-refractivity contribution in [3.8, 4) is 17.1 Å². The van der Waals surface area contributed by atoms with Crippen molar-refractivity contribution in [3.05, 3.63) is 71.4 Å². The summed E-state index contributed by atoms with van der Waals surface area (Å²) >= 11 is 0. The predicted molar refractivity (Wildman–Crippen MR) is 118 cm³/mol. The van der Waals surface area contributed by atoms with Gasteiger partial charge in [0, 0.05) is 37.7 Å². The number of hydrogen-bond acceptors (Lipinski definition) is 5. The molecule has 2 heterocycles. The lowest BCUT2D eigenvalue weighted by Gasteiger charge is -2.32. The molecule has 1 aromatic heterocycles. The van der Waals surface area contributed by atoms with Crippen molar-refractivity contribution >= 4 is 11.7 Å². The van der Waals surface area contributed by atoms with E-state index < -0.39 is 0 Å². The van der Waals surface area contributed by atoms with Crippen LogP contribution >= 0.6 is 0 Å². The average Bonchev–Trinajstić information content (AvgIpc) is 2.82. The molecule has 4 rings (SSSR count). The topological polar surface area (TPSA) is 58.6 Å². The SMILES string of the molecule is CCN(C)c1nc(-c2ccccc2)nc2c1CN(C(=O)c1ccccc1OC)CC2. The third-order valence-corrected chi connectivity index (χ3v) is 5.53. The fourth-order valence-corrected chi connectivity index (χ4v) is 3.74. The number of rotatable bonds is 5. The first kappa shape index (κ1) is 19.9. The van der Waals surface area contributed by atoms with Crippen LogP contribution in [0.1, 0.15) is 28.5 Å².